The molecule has 3 N–H and O–H groups in total. The molecule has 0 amide bonds. The maximum atomic E-state index is 6.28. The highest BCUT2D eigenvalue weighted by atomic mass is 127. The normalized spacial score (nSPS) is 13.4. The molecule has 0 bridgehead atoms. The van der Waals surface area contributed by atoms with Gasteiger partial charge in [0.1, 0.15) is 5.75 Å². The van der Waals surface area contributed by atoms with Gasteiger partial charge in [0, 0.05) is 18.2 Å². The molecule has 26 heavy (non-hydrogen) atoms. The number of anilines is 1. The molecule has 1 aliphatic heterocycles. The molecular weight excluding hydrogens is 469 g/mol. The minimum atomic E-state index is 0. The van der Waals surface area contributed by atoms with Crippen LogP contribution in [0.5, 0.6) is 17.2 Å². The van der Waals surface area contributed by atoms with Gasteiger partial charge >= 0.3 is 0 Å². The van der Waals surface area contributed by atoms with Crippen LogP contribution in [0.4, 0.5) is 5.69 Å². The van der Waals surface area contributed by atoms with Crippen molar-refractivity contribution in [2.75, 3.05) is 25.6 Å². The van der Waals surface area contributed by atoms with Crippen molar-refractivity contribution in [1.29, 1.82) is 0 Å². The summed E-state index contributed by atoms with van der Waals surface area (Å²) in [6.07, 6.45) is 0.829. The Labute approximate surface area is 174 Å². The minimum Gasteiger partial charge on any atom is -0.497 e. The summed E-state index contributed by atoms with van der Waals surface area (Å²) in [6.45, 7) is 1.58. The number of nitrogens with two attached hydrogens (primary N) is 1. The molecular formula is C18H21ClIN3O3. The number of hydrogen-bond donors (Lipinski definition) is 2. The van der Waals surface area contributed by atoms with E-state index in [9.17, 15) is 0 Å². The van der Waals surface area contributed by atoms with Crippen LogP contribution >= 0.6 is 35.6 Å². The molecule has 0 aromatic heterocycles. The van der Waals surface area contributed by atoms with Crippen LogP contribution in [0, 0.1) is 0 Å². The molecule has 1 heterocycles. The molecule has 1 aliphatic rings. The molecule has 0 spiro atoms. The molecule has 8 heteroatoms. The molecule has 0 atom stereocenters. The van der Waals surface area contributed by atoms with Crippen LogP contribution in [-0.4, -0.2) is 26.3 Å². The molecule has 140 valence electrons. The Balaban J connectivity index is 0.00000243. The lowest BCUT2D eigenvalue weighted by Crippen LogP contribution is -2.22. The van der Waals surface area contributed by atoms with Gasteiger partial charge in [-0.05, 0) is 29.8 Å². The zero-order chi connectivity index (χ0) is 17.6. The van der Waals surface area contributed by atoms with Gasteiger partial charge in [-0.2, -0.15) is 0 Å². The van der Waals surface area contributed by atoms with E-state index in [1.165, 1.54) is 0 Å². The second kappa shape index (κ2) is 9.72. The van der Waals surface area contributed by atoms with Gasteiger partial charge < -0.3 is 25.3 Å². The van der Waals surface area contributed by atoms with Crippen LogP contribution in [0.1, 0.15) is 12.0 Å². The van der Waals surface area contributed by atoms with Crippen molar-refractivity contribution < 1.29 is 14.2 Å². The zero-order valence-electron chi connectivity index (χ0n) is 14.3. The maximum absolute atomic E-state index is 6.28. The van der Waals surface area contributed by atoms with Gasteiger partial charge in [-0.3, -0.25) is 0 Å². The van der Waals surface area contributed by atoms with Gasteiger partial charge in [0.05, 0.1) is 31.9 Å². The highest BCUT2D eigenvalue weighted by Gasteiger charge is 2.15. The summed E-state index contributed by atoms with van der Waals surface area (Å²) in [6, 6.07) is 11.2. The van der Waals surface area contributed by atoms with Gasteiger partial charge in [0.15, 0.2) is 17.5 Å². The van der Waals surface area contributed by atoms with Gasteiger partial charge in [0.25, 0.3) is 0 Å². The first-order valence-corrected chi connectivity index (χ1v) is 8.32. The van der Waals surface area contributed by atoms with Crippen molar-refractivity contribution >= 4 is 47.2 Å². The number of guanidine groups is 1. The van der Waals surface area contributed by atoms with Crippen LogP contribution in [0.2, 0.25) is 5.02 Å². The van der Waals surface area contributed by atoms with E-state index in [1.54, 1.807) is 7.11 Å². The third-order valence-electron chi connectivity index (χ3n) is 3.64. The van der Waals surface area contributed by atoms with Crippen LogP contribution in [-0.2, 0) is 6.54 Å². The summed E-state index contributed by atoms with van der Waals surface area (Å²) < 4.78 is 16.5. The number of fused-ring (bicyclic) bond motifs is 1. The number of methoxy groups -OCH3 is 1. The zero-order valence-corrected chi connectivity index (χ0v) is 17.4. The first kappa shape index (κ1) is 20.4. The van der Waals surface area contributed by atoms with E-state index < -0.39 is 0 Å². The van der Waals surface area contributed by atoms with Gasteiger partial charge in [0.2, 0.25) is 0 Å². The third-order valence-corrected chi connectivity index (χ3v) is 3.92. The molecule has 0 radical (unpaired) electrons. The van der Waals surface area contributed by atoms with E-state index >= 15 is 0 Å². The van der Waals surface area contributed by atoms with Crippen molar-refractivity contribution in [3.05, 3.63) is 47.0 Å². The first-order valence-electron chi connectivity index (χ1n) is 7.95. The average molecular weight is 490 g/mol. The Morgan fingerprint density at radius 2 is 2.08 bits per heavy atom. The van der Waals surface area contributed by atoms with Crippen LogP contribution in [0.25, 0.3) is 0 Å². The second-order valence-electron chi connectivity index (χ2n) is 5.51. The molecule has 0 fully saturated rings. The van der Waals surface area contributed by atoms with Gasteiger partial charge in [-0.1, -0.05) is 17.7 Å². The van der Waals surface area contributed by atoms with E-state index in [-0.39, 0.29) is 24.0 Å². The highest BCUT2D eigenvalue weighted by molar-refractivity contribution is 14.0. The van der Waals surface area contributed by atoms with E-state index in [1.807, 2.05) is 36.4 Å². The van der Waals surface area contributed by atoms with Crippen molar-refractivity contribution in [2.24, 2.45) is 10.7 Å². The number of halogens is 2. The first-order chi connectivity index (χ1) is 12.2. The number of rotatable bonds is 4. The lowest BCUT2D eigenvalue weighted by Gasteiger charge is -2.11. The summed E-state index contributed by atoms with van der Waals surface area (Å²) in [5.41, 5.74) is 7.65. The summed E-state index contributed by atoms with van der Waals surface area (Å²) in [4.78, 5) is 4.35. The minimum absolute atomic E-state index is 0. The summed E-state index contributed by atoms with van der Waals surface area (Å²) >= 11 is 6.28. The largest absolute Gasteiger partial charge is 0.497 e. The molecule has 0 saturated carbocycles. The van der Waals surface area contributed by atoms with E-state index in [2.05, 4.69) is 10.3 Å². The Kier molecular flexibility index (Phi) is 7.65. The SMILES string of the molecule is COc1cccc(NC(N)=NCc2cc(Cl)c3c(c2)OCCCO3)c1.I. The monoisotopic (exact) mass is 489 g/mol. The fraction of sp³-hybridized carbons (Fsp3) is 0.278. The maximum Gasteiger partial charge on any atom is 0.193 e. The van der Waals surface area contributed by atoms with Crippen molar-refractivity contribution in [1.82, 2.24) is 0 Å². The third kappa shape index (κ3) is 5.31. The number of nitrogens with one attached hydrogen (secondary N) is 1. The molecule has 0 unspecified atom stereocenters. The molecule has 3 rings (SSSR count). The number of hydrogen-bond acceptors (Lipinski definition) is 4. The van der Waals surface area contributed by atoms with Crippen molar-refractivity contribution in [3.63, 3.8) is 0 Å². The highest BCUT2D eigenvalue weighted by Crippen LogP contribution is 2.38. The fourth-order valence-electron chi connectivity index (χ4n) is 2.44. The van der Waals surface area contributed by atoms with E-state index in [0.717, 1.165) is 23.4 Å². The summed E-state index contributed by atoms with van der Waals surface area (Å²) in [5, 5.41) is 3.55. The van der Waals surface area contributed by atoms with Gasteiger partial charge in [-0.25, -0.2) is 4.99 Å². The molecule has 0 saturated heterocycles. The molecule has 0 aliphatic carbocycles. The predicted octanol–water partition coefficient (Wildman–Crippen LogP) is 4.05. The van der Waals surface area contributed by atoms with Crippen molar-refractivity contribution in [3.8, 4) is 17.2 Å². The van der Waals surface area contributed by atoms with Gasteiger partial charge in [-0.15, -0.1) is 24.0 Å². The predicted molar refractivity (Wildman–Crippen MR) is 114 cm³/mol. The van der Waals surface area contributed by atoms with Crippen molar-refractivity contribution in [2.45, 2.75) is 13.0 Å². The van der Waals surface area contributed by atoms with Crippen LogP contribution < -0.4 is 25.3 Å². The summed E-state index contributed by atoms with van der Waals surface area (Å²) in [5.74, 6) is 2.29. The Morgan fingerprint density at radius 1 is 1.27 bits per heavy atom. The van der Waals surface area contributed by atoms with Crippen LogP contribution in [0.3, 0.4) is 0 Å². The lowest BCUT2D eigenvalue weighted by atomic mass is 10.2. The van der Waals surface area contributed by atoms with E-state index in [0.29, 0.717) is 42.2 Å². The summed E-state index contributed by atoms with van der Waals surface area (Å²) in [7, 11) is 1.62. The second-order valence-corrected chi connectivity index (χ2v) is 5.92. The Bertz CT molecular complexity index is 786. The Hall–Kier alpha value is -1.87. The number of ether oxygens (including phenoxy) is 3. The van der Waals surface area contributed by atoms with Crippen LogP contribution in [0.15, 0.2) is 41.4 Å². The molecule has 6 nitrogen and oxygen atoms in total. The number of aliphatic imine (C=N–C) groups is 1. The quantitative estimate of drug-likeness (QED) is 0.385. The molecule has 2 aromatic carbocycles. The molecule has 2 aromatic rings. The Morgan fingerprint density at radius 3 is 2.88 bits per heavy atom. The topological polar surface area (TPSA) is 78.1 Å². The number of nitrogens with zero attached hydrogens (tertiary/aromatic N) is 1. The number of benzene rings is 2. The smallest absolute Gasteiger partial charge is 0.193 e. The fourth-order valence-corrected chi connectivity index (χ4v) is 2.73. The lowest BCUT2D eigenvalue weighted by molar-refractivity contribution is 0.297. The average Bonchev–Trinajstić information content (AvgIpc) is 2.86. The standard InChI is InChI=1S/C18H20ClN3O3.HI/c1-23-14-5-2-4-13(10-14)22-18(20)21-11-12-8-15(19)17-16(9-12)24-6-3-7-25-17;/h2,4-5,8-10H,3,6-7,11H2,1H3,(H3,20,21,22);1H. The van der Waals surface area contributed by atoms with E-state index in [4.69, 9.17) is 31.5 Å².